The second-order valence-corrected chi connectivity index (χ2v) is 4.14. The van der Waals surface area contributed by atoms with Crippen molar-refractivity contribution in [2.45, 2.75) is 71.1 Å². The van der Waals surface area contributed by atoms with Crippen LogP contribution >= 0.6 is 0 Å². The van der Waals surface area contributed by atoms with Gasteiger partial charge in [-0.15, -0.1) is 0 Å². The molecule has 0 saturated carbocycles. The van der Waals surface area contributed by atoms with Crippen LogP contribution in [-0.4, -0.2) is 6.29 Å². The Morgan fingerprint density at radius 2 is 1.40 bits per heavy atom. The van der Waals surface area contributed by atoms with Crippen LogP contribution in [0.25, 0.3) is 0 Å². The van der Waals surface area contributed by atoms with E-state index >= 15 is 0 Å². The molecule has 0 amide bonds. The van der Waals surface area contributed by atoms with Gasteiger partial charge in [-0.3, -0.25) is 0 Å². The van der Waals surface area contributed by atoms with Gasteiger partial charge >= 0.3 is 0 Å². The summed E-state index contributed by atoms with van der Waals surface area (Å²) in [5, 5.41) is 0. The Balaban J connectivity index is 2.95. The van der Waals surface area contributed by atoms with E-state index in [0.29, 0.717) is 6.42 Å². The molecule has 1 nitrogen and oxygen atoms in total. The molecule has 0 bridgehead atoms. The zero-order valence-electron chi connectivity index (χ0n) is 10.2. The highest BCUT2D eigenvalue weighted by Gasteiger charge is 1.90. The van der Waals surface area contributed by atoms with Crippen LogP contribution in [0.5, 0.6) is 0 Å². The van der Waals surface area contributed by atoms with Crippen LogP contribution in [0.3, 0.4) is 0 Å². The predicted octanol–water partition coefficient (Wildman–Crippen LogP) is 4.66. The van der Waals surface area contributed by atoms with Crippen molar-refractivity contribution in [3.63, 3.8) is 0 Å². The molecule has 0 fully saturated rings. The lowest BCUT2D eigenvalue weighted by Gasteiger charge is -1.99. The standard InChI is InChI=1S/C14H26O/c1-2-3-4-5-6-7-8-9-10-11-12-13-14-15/h11-12,14H,2-10,13H2,1H3/b12-11+. The quantitative estimate of drug-likeness (QED) is 0.275. The minimum Gasteiger partial charge on any atom is -0.303 e. The Morgan fingerprint density at radius 3 is 2.00 bits per heavy atom. The lowest BCUT2D eigenvalue weighted by atomic mass is 10.1. The molecule has 0 aromatic rings. The zero-order chi connectivity index (χ0) is 11.2. The molecule has 0 heterocycles. The number of hydrogen-bond acceptors (Lipinski definition) is 1. The van der Waals surface area contributed by atoms with Gasteiger partial charge in [-0.25, -0.2) is 0 Å². The maximum atomic E-state index is 10.0. The van der Waals surface area contributed by atoms with Gasteiger partial charge in [0.15, 0.2) is 0 Å². The van der Waals surface area contributed by atoms with Gasteiger partial charge in [0.1, 0.15) is 6.29 Å². The molecule has 0 saturated heterocycles. The van der Waals surface area contributed by atoms with E-state index in [-0.39, 0.29) is 0 Å². The fourth-order valence-corrected chi connectivity index (χ4v) is 1.67. The highest BCUT2D eigenvalue weighted by Crippen LogP contribution is 2.09. The summed E-state index contributed by atoms with van der Waals surface area (Å²) in [6, 6.07) is 0. The molecule has 0 aliphatic rings. The fraction of sp³-hybridized carbons (Fsp3) is 0.786. The van der Waals surface area contributed by atoms with Crippen molar-refractivity contribution < 1.29 is 4.79 Å². The van der Waals surface area contributed by atoms with Crippen molar-refractivity contribution in [3.8, 4) is 0 Å². The van der Waals surface area contributed by atoms with E-state index in [1.165, 1.54) is 51.4 Å². The molecule has 0 rings (SSSR count). The van der Waals surface area contributed by atoms with Crippen LogP contribution in [0, 0.1) is 0 Å². The van der Waals surface area contributed by atoms with Gasteiger partial charge in [-0.2, -0.15) is 0 Å². The third kappa shape index (κ3) is 13.4. The highest BCUT2D eigenvalue weighted by atomic mass is 16.1. The maximum Gasteiger partial charge on any atom is 0.123 e. The number of carbonyl (C=O) groups is 1. The highest BCUT2D eigenvalue weighted by molar-refractivity contribution is 5.51. The molecule has 0 radical (unpaired) electrons. The molecule has 0 unspecified atom stereocenters. The first-order valence-corrected chi connectivity index (χ1v) is 6.50. The van der Waals surface area contributed by atoms with Gasteiger partial charge in [0.25, 0.3) is 0 Å². The van der Waals surface area contributed by atoms with E-state index in [0.717, 1.165) is 12.7 Å². The first kappa shape index (κ1) is 14.4. The first-order chi connectivity index (χ1) is 7.41. The Morgan fingerprint density at radius 1 is 0.800 bits per heavy atom. The fourth-order valence-electron chi connectivity index (χ4n) is 1.67. The third-order valence-electron chi connectivity index (χ3n) is 2.62. The summed E-state index contributed by atoms with van der Waals surface area (Å²) in [5.41, 5.74) is 0. The summed E-state index contributed by atoms with van der Waals surface area (Å²) >= 11 is 0. The summed E-state index contributed by atoms with van der Waals surface area (Å²) in [7, 11) is 0. The van der Waals surface area contributed by atoms with Gasteiger partial charge < -0.3 is 4.79 Å². The number of unbranched alkanes of at least 4 members (excludes halogenated alkanes) is 8. The molecule has 15 heavy (non-hydrogen) atoms. The molecule has 0 spiro atoms. The van der Waals surface area contributed by atoms with Crippen molar-refractivity contribution in [3.05, 3.63) is 12.2 Å². The molecule has 0 aliphatic heterocycles. The minimum atomic E-state index is 0.580. The lowest BCUT2D eigenvalue weighted by molar-refractivity contribution is -0.107. The molecule has 0 atom stereocenters. The Labute approximate surface area is 95.0 Å². The molecule has 0 aromatic carbocycles. The van der Waals surface area contributed by atoms with Crippen LogP contribution in [-0.2, 0) is 4.79 Å². The molecular weight excluding hydrogens is 184 g/mol. The monoisotopic (exact) mass is 210 g/mol. The number of allylic oxidation sites excluding steroid dienone is 2. The maximum absolute atomic E-state index is 10.0. The lowest BCUT2D eigenvalue weighted by Crippen LogP contribution is -1.80. The topological polar surface area (TPSA) is 17.1 Å². The molecule has 1 heteroatoms. The van der Waals surface area contributed by atoms with Gasteiger partial charge in [0, 0.05) is 6.42 Å². The van der Waals surface area contributed by atoms with Gasteiger partial charge in [0.2, 0.25) is 0 Å². The van der Waals surface area contributed by atoms with Gasteiger partial charge in [-0.05, 0) is 12.8 Å². The first-order valence-electron chi connectivity index (χ1n) is 6.50. The average molecular weight is 210 g/mol. The summed E-state index contributed by atoms with van der Waals surface area (Å²) in [5.74, 6) is 0. The second kappa shape index (κ2) is 13.4. The molecule has 0 aromatic heterocycles. The van der Waals surface area contributed by atoms with Crippen LogP contribution in [0.1, 0.15) is 71.1 Å². The van der Waals surface area contributed by atoms with Crippen molar-refractivity contribution in [2.24, 2.45) is 0 Å². The summed E-state index contributed by atoms with van der Waals surface area (Å²) in [6.45, 7) is 2.26. The van der Waals surface area contributed by atoms with E-state index in [4.69, 9.17) is 0 Å². The number of carbonyl (C=O) groups excluding carboxylic acids is 1. The smallest absolute Gasteiger partial charge is 0.123 e. The average Bonchev–Trinajstić information content (AvgIpc) is 2.26. The van der Waals surface area contributed by atoms with Gasteiger partial charge in [0.05, 0.1) is 0 Å². The molecule has 0 aliphatic carbocycles. The second-order valence-electron chi connectivity index (χ2n) is 4.14. The van der Waals surface area contributed by atoms with E-state index < -0.39 is 0 Å². The summed E-state index contributed by atoms with van der Waals surface area (Å²) in [6.07, 6.45) is 17.7. The van der Waals surface area contributed by atoms with E-state index in [1.54, 1.807) is 0 Å². The number of aldehydes is 1. The summed E-state index contributed by atoms with van der Waals surface area (Å²) < 4.78 is 0. The Kier molecular flexibility index (Phi) is 12.9. The van der Waals surface area contributed by atoms with Crippen LogP contribution in [0.15, 0.2) is 12.2 Å². The van der Waals surface area contributed by atoms with E-state index in [1.807, 2.05) is 6.08 Å². The van der Waals surface area contributed by atoms with Crippen molar-refractivity contribution in [1.29, 1.82) is 0 Å². The van der Waals surface area contributed by atoms with E-state index in [9.17, 15) is 4.79 Å². The van der Waals surface area contributed by atoms with Crippen molar-refractivity contribution in [2.75, 3.05) is 0 Å². The number of rotatable bonds is 11. The predicted molar refractivity (Wildman–Crippen MR) is 67.0 cm³/mol. The third-order valence-corrected chi connectivity index (χ3v) is 2.62. The van der Waals surface area contributed by atoms with Crippen LogP contribution < -0.4 is 0 Å². The zero-order valence-corrected chi connectivity index (χ0v) is 10.2. The van der Waals surface area contributed by atoms with Crippen LogP contribution in [0.2, 0.25) is 0 Å². The van der Waals surface area contributed by atoms with E-state index in [2.05, 4.69) is 13.0 Å². The van der Waals surface area contributed by atoms with Crippen molar-refractivity contribution in [1.82, 2.24) is 0 Å². The van der Waals surface area contributed by atoms with Gasteiger partial charge in [-0.1, -0.05) is 64.0 Å². The Hall–Kier alpha value is -0.590. The SMILES string of the molecule is CCCCCCCCCC/C=C/CC=O. The van der Waals surface area contributed by atoms with Crippen molar-refractivity contribution >= 4 is 6.29 Å². The molecule has 88 valence electrons. The van der Waals surface area contributed by atoms with Crippen LogP contribution in [0.4, 0.5) is 0 Å². The minimum absolute atomic E-state index is 0.580. The molecule has 0 N–H and O–H groups in total. The normalized spacial score (nSPS) is 11.0. The largest absolute Gasteiger partial charge is 0.303 e. The number of hydrogen-bond donors (Lipinski definition) is 0. The summed E-state index contributed by atoms with van der Waals surface area (Å²) in [4.78, 5) is 10.0. The molecular formula is C14H26O. The Bertz CT molecular complexity index is 149.